The molecule has 1 aliphatic heterocycles. The van der Waals surface area contributed by atoms with Gasteiger partial charge in [0.25, 0.3) is 5.78 Å². The van der Waals surface area contributed by atoms with Crippen LogP contribution in [-0.4, -0.2) is 19.6 Å². The number of hydrazine groups is 1. The normalized spacial score (nSPS) is 12.6. The van der Waals surface area contributed by atoms with E-state index in [0.717, 1.165) is 45.2 Å². The summed E-state index contributed by atoms with van der Waals surface area (Å²) in [5.41, 5.74) is 11.1. The number of anilines is 2. The maximum atomic E-state index is 5.12. The smallest absolute Gasteiger partial charge is 0.253 e. The van der Waals surface area contributed by atoms with Crippen LogP contribution in [0.2, 0.25) is 0 Å². The highest BCUT2D eigenvalue weighted by molar-refractivity contribution is 5.89. The molecule has 0 saturated carbocycles. The topological polar surface area (TPSA) is 58.3 Å². The van der Waals surface area contributed by atoms with Gasteiger partial charge < -0.3 is 0 Å². The monoisotopic (exact) mass is 478 g/mol. The van der Waals surface area contributed by atoms with Gasteiger partial charge in [0, 0.05) is 11.1 Å². The molecule has 0 fully saturated rings. The van der Waals surface area contributed by atoms with Crippen molar-refractivity contribution >= 4 is 29.1 Å². The quantitative estimate of drug-likeness (QED) is 0.309. The third-order valence-electron chi connectivity index (χ3n) is 6.40. The Labute approximate surface area is 214 Å². The van der Waals surface area contributed by atoms with Crippen LogP contribution in [-0.2, 0) is 0 Å². The summed E-state index contributed by atoms with van der Waals surface area (Å²) in [7, 11) is 0. The van der Waals surface area contributed by atoms with Gasteiger partial charge in [0.1, 0.15) is 17.1 Å². The number of para-hydroxylation sites is 1. The minimum Gasteiger partial charge on any atom is -0.292 e. The molecule has 6 nitrogen and oxygen atoms in total. The fraction of sp³-hybridized carbons (Fsp3) is 0. The van der Waals surface area contributed by atoms with Crippen LogP contribution in [0, 0.1) is 0 Å². The van der Waals surface area contributed by atoms with E-state index in [1.165, 1.54) is 0 Å². The van der Waals surface area contributed by atoms with Crippen molar-refractivity contribution in [1.82, 2.24) is 25.0 Å². The molecule has 0 aliphatic carbocycles. The fourth-order valence-electron chi connectivity index (χ4n) is 4.65. The van der Waals surface area contributed by atoms with Crippen molar-refractivity contribution in [3.05, 3.63) is 133 Å². The van der Waals surface area contributed by atoms with Crippen LogP contribution in [0.3, 0.4) is 0 Å². The summed E-state index contributed by atoms with van der Waals surface area (Å²) in [4.78, 5) is 10.0. The highest BCUT2D eigenvalue weighted by atomic mass is 15.6. The van der Waals surface area contributed by atoms with Crippen molar-refractivity contribution in [2.75, 3.05) is 5.01 Å². The lowest BCUT2D eigenvalue weighted by Crippen LogP contribution is -2.36. The van der Waals surface area contributed by atoms with Gasteiger partial charge in [0.05, 0.1) is 11.4 Å². The Hall–Kier alpha value is -5.23. The van der Waals surface area contributed by atoms with Crippen LogP contribution in [0.15, 0.2) is 121 Å². The molecule has 0 amide bonds. The van der Waals surface area contributed by atoms with E-state index in [4.69, 9.17) is 15.1 Å². The van der Waals surface area contributed by atoms with Gasteiger partial charge in [-0.2, -0.15) is 14.6 Å². The van der Waals surface area contributed by atoms with Gasteiger partial charge in [0.15, 0.2) is 5.82 Å². The molecule has 6 heteroatoms. The minimum absolute atomic E-state index is 0.538. The molecule has 37 heavy (non-hydrogen) atoms. The number of hydrogen-bond acceptors (Lipinski definition) is 5. The first-order valence-electron chi connectivity index (χ1n) is 12.2. The van der Waals surface area contributed by atoms with Crippen LogP contribution >= 0.6 is 0 Å². The molecule has 2 aromatic heterocycles. The summed E-state index contributed by atoms with van der Waals surface area (Å²) < 4.78 is 1.87. The SMILES string of the molecule is C1=C(c2ccccc2)NN(c2ccccc2)c2nc3nc(-c4ccccc4)c(-c4ccccc4)n3nc21. The van der Waals surface area contributed by atoms with Gasteiger partial charge in [-0.1, -0.05) is 109 Å². The first-order valence-corrected chi connectivity index (χ1v) is 12.2. The van der Waals surface area contributed by atoms with E-state index in [2.05, 4.69) is 41.8 Å². The molecule has 1 aliphatic rings. The fourth-order valence-corrected chi connectivity index (χ4v) is 4.65. The lowest BCUT2D eigenvalue weighted by atomic mass is 10.1. The first kappa shape index (κ1) is 21.1. The third-order valence-corrected chi connectivity index (χ3v) is 6.40. The Morgan fingerprint density at radius 1 is 0.568 bits per heavy atom. The summed E-state index contributed by atoms with van der Waals surface area (Å²) in [6, 6.07) is 40.8. The van der Waals surface area contributed by atoms with E-state index in [0.29, 0.717) is 11.6 Å². The molecule has 0 bridgehead atoms. The molecule has 176 valence electrons. The Bertz CT molecular complexity index is 1730. The second kappa shape index (κ2) is 8.77. The molecule has 7 rings (SSSR count). The number of nitrogens with zero attached hydrogens (tertiary/aromatic N) is 5. The zero-order valence-electron chi connectivity index (χ0n) is 19.9. The van der Waals surface area contributed by atoms with Crippen molar-refractivity contribution in [2.45, 2.75) is 0 Å². The molecule has 4 aromatic carbocycles. The van der Waals surface area contributed by atoms with Crippen molar-refractivity contribution in [3.8, 4) is 22.5 Å². The van der Waals surface area contributed by atoms with Crippen molar-refractivity contribution in [2.24, 2.45) is 0 Å². The molecule has 0 radical (unpaired) electrons. The van der Waals surface area contributed by atoms with Crippen molar-refractivity contribution in [1.29, 1.82) is 0 Å². The average Bonchev–Trinajstić information content (AvgIpc) is 3.35. The van der Waals surface area contributed by atoms with Crippen LogP contribution in [0.1, 0.15) is 11.3 Å². The zero-order chi connectivity index (χ0) is 24.6. The van der Waals surface area contributed by atoms with Crippen LogP contribution < -0.4 is 10.4 Å². The molecule has 1 N–H and O–H groups in total. The van der Waals surface area contributed by atoms with E-state index in [1.54, 1.807) is 0 Å². The standard InChI is InChI=1S/C31H22N6/c1-5-13-22(14-6-1)26-21-27-30(36(34-26)25-19-11-4-12-20-25)33-31-32-28(23-15-7-2-8-16-23)29(37(31)35-27)24-17-9-3-10-18-24/h1-21,34H. The Balaban J connectivity index is 1.50. The summed E-state index contributed by atoms with van der Waals surface area (Å²) in [5.74, 6) is 1.23. The van der Waals surface area contributed by atoms with E-state index in [9.17, 15) is 0 Å². The number of nitrogens with one attached hydrogen (secondary N) is 1. The Morgan fingerprint density at radius 3 is 1.78 bits per heavy atom. The zero-order valence-corrected chi connectivity index (χ0v) is 19.9. The highest BCUT2D eigenvalue weighted by Gasteiger charge is 2.26. The van der Waals surface area contributed by atoms with E-state index in [-0.39, 0.29) is 0 Å². The molecular formula is C31H22N6. The van der Waals surface area contributed by atoms with Gasteiger partial charge in [-0.05, 0) is 23.8 Å². The Morgan fingerprint density at radius 2 is 1.14 bits per heavy atom. The number of imidazole rings is 1. The predicted molar refractivity (Wildman–Crippen MR) is 148 cm³/mol. The number of benzene rings is 4. The van der Waals surface area contributed by atoms with Crippen LogP contribution in [0.4, 0.5) is 11.5 Å². The number of aromatic nitrogens is 4. The van der Waals surface area contributed by atoms with E-state index < -0.39 is 0 Å². The van der Waals surface area contributed by atoms with E-state index in [1.807, 2.05) is 101 Å². The van der Waals surface area contributed by atoms with Crippen molar-refractivity contribution in [3.63, 3.8) is 0 Å². The van der Waals surface area contributed by atoms with Crippen LogP contribution in [0.25, 0.3) is 40.1 Å². The molecule has 6 aromatic rings. The second-order valence-electron chi connectivity index (χ2n) is 8.78. The maximum absolute atomic E-state index is 5.12. The molecule has 0 saturated heterocycles. The first-order chi connectivity index (χ1) is 18.3. The van der Waals surface area contributed by atoms with Gasteiger partial charge in [-0.3, -0.25) is 5.43 Å². The van der Waals surface area contributed by atoms with Crippen molar-refractivity contribution < 1.29 is 0 Å². The highest BCUT2D eigenvalue weighted by Crippen LogP contribution is 2.36. The average molecular weight is 479 g/mol. The number of rotatable bonds is 4. The molecule has 0 spiro atoms. The van der Waals surface area contributed by atoms with Gasteiger partial charge in [-0.25, -0.2) is 9.99 Å². The second-order valence-corrected chi connectivity index (χ2v) is 8.78. The lowest BCUT2D eigenvalue weighted by molar-refractivity contribution is 0.824. The molecular weight excluding hydrogens is 456 g/mol. The molecule has 0 atom stereocenters. The summed E-state index contributed by atoms with van der Waals surface area (Å²) >= 11 is 0. The number of hydrogen-bond donors (Lipinski definition) is 1. The minimum atomic E-state index is 0.538. The molecule has 3 heterocycles. The van der Waals surface area contributed by atoms with Crippen LogP contribution in [0.5, 0.6) is 0 Å². The Kier molecular flexibility index (Phi) is 5.00. The lowest BCUT2D eigenvalue weighted by Gasteiger charge is -2.31. The third kappa shape index (κ3) is 3.72. The summed E-state index contributed by atoms with van der Waals surface area (Å²) in [6.07, 6.45) is 2.05. The van der Waals surface area contributed by atoms with Gasteiger partial charge in [-0.15, -0.1) is 0 Å². The van der Waals surface area contributed by atoms with E-state index >= 15 is 0 Å². The molecule has 0 unspecified atom stereocenters. The summed E-state index contributed by atoms with van der Waals surface area (Å²) in [6.45, 7) is 0. The predicted octanol–water partition coefficient (Wildman–Crippen LogP) is 6.61. The maximum Gasteiger partial charge on any atom is 0.253 e. The summed E-state index contributed by atoms with van der Waals surface area (Å²) in [5, 5.41) is 7.10. The van der Waals surface area contributed by atoms with Gasteiger partial charge >= 0.3 is 0 Å². The number of fused-ring (bicyclic) bond motifs is 2. The van der Waals surface area contributed by atoms with Gasteiger partial charge in [0.2, 0.25) is 0 Å². The largest absolute Gasteiger partial charge is 0.292 e.